The maximum atomic E-state index is 13.8. The van der Waals surface area contributed by atoms with Gasteiger partial charge in [-0.25, -0.2) is 0 Å². The van der Waals surface area contributed by atoms with Gasteiger partial charge in [0.2, 0.25) is 11.8 Å². The van der Waals surface area contributed by atoms with Crippen molar-refractivity contribution in [3.63, 3.8) is 0 Å². The van der Waals surface area contributed by atoms with E-state index in [1.54, 1.807) is 23.8 Å². The second-order valence-electron chi connectivity index (χ2n) is 9.90. The van der Waals surface area contributed by atoms with Gasteiger partial charge in [0, 0.05) is 24.8 Å². The minimum absolute atomic E-state index is 0.0338. The first kappa shape index (κ1) is 27.8. The van der Waals surface area contributed by atoms with E-state index >= 15 is 0 Å². The molecule has 1 unspecified atom stereocenters. The Bertz CT molecular complexity index is 1150. The second-order valence-corrected chi connectivity index (χ2v) is 10.9. The summed E-state index contributed by atoms with van der Waals surface area (Å²) < 4.78 is 5.43. The van der Waals surface area contributed by atoms with Crippen molar-refractivity contribution in [3.8, 4) is 5.75 Å². The molecule has 3 aromatic carbocycles. The van der Waals surface area contributed by atoms with Crippen molar-refractivity contribution in [3.05, 3.63) is 102 Å². The Morgan fingerprint density at radius 1 is 0.895 bits per heavy atom. The number of methoxy groups -OCH3 is 1. The van der Waals surface area contributed by atoms with Gasteiger partial charge in [0.15, 0.2) is 0 Å². The van der Waals surface area contributed by atoms with Gasteiger partial charge in [-0.15, -0.1) is 11.8 Å². The maximum absolute atomic E-state index is 13.8. The number of ether oxygens (including phenoxy) is 1. The Morgan fingerprint density at radius 3 is 2.24 bits per heavy atom. The smallest absolute Gasteiger partial charge is 0.243 e. The first-order valence-electron chi connectivity index (χ1n) is 13.5. The number of hydrogen-bond acceptors (Lipinski definition) is 4. The van der Waals surface area contributed by atoms with Gasteiger partial charge < -0.3 is 15.0 Å². The third-order valence-corrected chi connectivity index (χ3v) is 8.04. The summed E-state index contributed by atoms with van der Waals surface area (Å²) in [6.07, 6.45) is 5.96. The number of nitrogens with one attached hydrogen (secondary N) is 1. The summed E-state index contributed by atoms with van der Waals surface area (Å²) in [6.45, 7) is 0.345. The molecule has 5 nitrogen and oxygen atoms in total. The molecule has 38 heavy (non-hydrogen) atoms. The van der Waals surface area contributed by atoms with Crippen molar-refractivity contribution in [1.29, 1.82) is 0 Å². The van der Waals surface area contributed by atoms with Crippen LogP contribution in [0, 0.1) is 0 Å². The Balaban J connectivity index is 1.58. The molecule has 0 heterocycles. The Morgan fingerprint density at radius 2 is 1.55 bits per heavy atom. The number of thioether (sulfide) groups is 1. The summed E-state index contributed by atoms with van der Waals surface area (Å²) >= 11 is 1.58. The van der Waals surface area contributed by atoms with E-state index in [-0.39, 0.29) is 17.9 Å². The predicted octanol–water partition coefficient (Wildman–Crippen LogP) is 6.02. The second kappa shape index (κ2) is 14.6. The van der Waals surface area contributed by atoms with Gasteiger partial charge in [-0.2, -0.15) is 0 Å². The van der Waals surface area contributed by atoms with Crippen LogP contribution in [0.15, 0.2) is 84.9 Å². The number of rotatable bonds is 12. The average Bonchev–Trinajstić information content (AvgIpc) is 2.96. The molecule has 1 saturated carbocycles. The molecule has 0 radical (unpaired) electrons. The van der Waals surface area contributed by atoms with E-state index in [9.17, 15) is 9.59 Å². The average molecular weight is 531 g/mol. The van der Waals surface area contributed by atoms with E-state index in [0.717, 1.165) is 48.3 Å². The zero-order valence-corrected chi connectivity index (χ0v) is 23.0. The highest BCUT2D eigenvalue weighted by Gasteiger charge is 2.31. The summed E-state index contributed by atoms with van der Waals surface area (Å²) in [5.41, 5.74) is 3.16. The monoisotopic (exact) mass is 530 g/mol. The van der Waals surface area contributed by atoms with Crippen LogP contribution in [0.2, 0.25) is 0 Å². The topological polar surface area (TPSA) is 58.6 Å². The lowest BCUT2D eigenvalue weighted by atomic mass is 9.94. The van der Waals surface area contributed by atoms with Gasteiger partial charge in [-0.1, -0.05) is 92.1 Å². The standard InChI is InChI=1S/C32H38N2O3S/c1-37-29-19-11-16-27(20-29)22-34(31(35)24-38-23-26-14-7-3-8-15-26)30(21-25-12-5-2-6-13-25)32(36)33-28-17-9-4-10-18-28/h2-3,5-8,11-16,19-20,28,30H,4,9-10,17-18,21-24H2,1H3,(H,33,36). The van der Waals surface area contributed by atoms with Crippen LogP contribution in [0.4, 0.5) is 0 Å². The van der Waals surface area contributed by atoms with Crippen LogP contribution in [0.1, 0.15) is 48.8 Å². The van der Waals surface area contributed by atoms with Gasteiger partial charge in [0.05, 0.1) is 12.9 Å². The lowest BCUT2D eigenvalue weighted by molar-refractivity contribution is -0.139. The summed E-state index contributed by atoms with van der Waals surface area (Å²) in [5, 5.41) is 3.30. The fourth-order valence-electron chi connectivity index (χ4n) is 4.98. The highest BCUT2D eigenvalue weighted by atomic mass is 32.2. The van der Waals surface area contributed by atoms with Crippen LogP contribution in [-0.2, 0) is 28.3 Å². The summed E-state index contributed by atoms with van der Waals surface area (Å²) in [4.78, 5) is 29.4. The van der Waals surface area contributed by atoms with Gasteiger partial charge in [0.1, 0.15) is 11.8 Å². The molecule has 1 N–H and O–H groups in total. The molecule has 6 heteroatoms. The van der Waals surface area contributed by atoms with Crippen molar-refractivity contribution in [2.45, 2.75) is 62.9 Å². The molecule has 1 atom stereocenters. The van der Waals surface area contributed by atoms with Crippen LogP contribution < -0.4 is 10.1 Å². The quantitative estimate of drug-likeness (QED) is 0.311. The highest BCUT2D eigenvalue weighted by Crippen LogP contribution is 2.22. The van der Waals surface area contributed by atoms with Crippen molar-refractivity contribution in [2.24, 2.45) is 0 Å². The summed E-state index contributed by atoms with van der Waals surface area (Å²) in [7, 11) is 1.64. The van der Waals surface area contributed by atoms with Gasteiger partial charge in [-0.3, -0.25) is 9.59 Å². The predicted molar refractivity (Wildman–Crippen MR) is 155 cm³/mol. The van der Waals surface area contributed by atoms with E-state index in [0.29, 0.717) is 18.7 Å². The van der Waals surface area contributed by atoms with Crippen LogP contribution >= 0.6 is 11.8 Å². The molecule has 1 aliphatic carbocycles. The van der Waals surface area contributed by atoms with Gasteiger partial charge in [-0.05, 0) is 41.7 Å². The zero-order valence-electron chi connectivity index (χ0n) is 22.2. The van der Waals surface area contributed by atoms with E-state index in [2.05, 4.69) is 17.4 Å². The largest absolute Gasteiger partial charge is 0.497 e. The first-order valence-corrected chi connectivity index (χ1v) is 14.7. The minimum Gasteiger partial charge on any atom is -0.497 e. The van der Waals surface area contributed by atoms with Gasteiger partial charge >= 0.3 is 0 Å². The lowest BCUT2D eigenvalue weighted by Crippen LogP contribution is -2.53. The first-order chi connectivity index (χ1) is 18.6. The summed E-state index contributed by atoms with van der Waals surface area (Å²) in [6, 6.07) is 27.5. The number of benzene rings is 3. The molecule has 2 amide bonds. The van der Waals surface area contributed by atoms with Crippen molar-refractivity contribution < 1.29 is 14.3 Å². The molecule has 200 valence electrons. The molecular formula is C32H38N2O3S. The zero-order chi connectivity index (χ0) is 26.6. The third kappa shape index (κ3) is 8.38. The van der Waals surface area contributed by atoms with Crippen molar-refractivity contribution in [1.82, 2.24) is 10.2 Å². The summed E-state index contributed by atoms with van der Waals surface area (Å²) in [5.74, 6) is 1.69. The molecule has 0 saturated heterocycles. The van der Waals surface area contributed by atoms with E-state index in [4.69, 9.17) is 4.74 Å². The molecule has 1 fully saturated rings. The minimum atomic E-state index is -0.602. The fourth-order valence-corrected chi connectivity index (χ4v) is 5.85. The number of hydrogen-bond donors (Lipinski definition) is 1. The van der Waals surface area contributed by atoms with Crippen molar-refractivity contribution in [2.75, 3.05) is 12.9 Å². The van der Waals surface area contributed by atoms with Crippen LogP contribution in [0.5, 0.6) is 5.75 Å². The number of nitrogens with zero attached hydrogens (tertiary/aromatic N) is 1. The molecule has 0 spiro atoms. The number of amides is 2. The molecule has 0 aromatic heterocycles. The Labute approximate surface area is 231 Å². The Hall–Kier alpha value is -3.25. The maximum Gasteiger partial charge on any atom is 0.243 e. The number of carbonyl (C=O) groups excluding carboxylic acids is 2. The molecule has 0 bridgehead atoms. The van der Waals surface area contributed by atoms with Crippen LogP contribution in [0.25, 0.3) is 0 Å². The van der Waals surface area contributed by atoms with Gasteiger partial charge in [0.25, 0.3) is 0 Å². The Kier molecular flexibility index (Phi) is 10.7. The van der Waals surface area contributed by atoms with Crippen LogP contribution in [0.3, 0.4) is 0 Å². The molecule has 1 aliphatic rings. The fraction of sp³-hybridized carbons (Fsp3) is 0.375. The third-order valence-electron chi connectivity index (χ3n) is 7.05. The molecule has 0 aliphatic heterocycles. The normalized spacial score (nSPS) is 14.4. The van der Waals surface area contributed by atoms with E-state index < -0.39 is 6.04 Å². The molecular weight excluding hydrogens is 492 g/mol. The molecule has 4 rings (SSSR count). The SMILES string of the molecule is COc1cccc(CN(C(=O)CSCc2ccccc2)C(Cc2ccccc2)C(=O)NC2CCCCC2)c1. The van der Waals surface area contributed by atoms with Crippen LogP contribution in [-0.4, -0.2) is 41.7 Å². The number of carbonyl (C=O) groups is 2. The van der Waals surface area contributed by atoms with E-state index in [1.807, 2.05) is 72.8 Å². The van der Waals surface area contributed by atoms with Crippen molar-refractivity contribution >= 4 is 23.6 Å². The highest BCUT2D eigenvalue weighted by molar-refractivity contribution is 7.99. The lowest BCUT2D eigenvalue weighted by Gasteiger charge is -2.33. The molecule has 3 aromatic rings. The van der Waals surface area contributed by atoms with E-state index in [1.165, 1.54) is 12.0 Å².